The van der Waals surface area contributed by atoms with Crippen LogP contribution in [0.4, 0.5) is 5.69 Å². The van der Waals surface area contributed by atoms with E-state index in [1.54, 1.807) is 0 Å². The Morgan fingerprint density at radius 1 is 1.60 bits per heavy atom. The van der Waals surface area contributed by atoms with Crippen LogP contribution >= 0.6 is 0 Å². The SMILES string of the molecule is CCN1CCCC1CN(C)c1cc(C)ncc1C(=O)O. The maximum Gasteiger partial charge on any atom is 0.339 e. The van der Waals surface area contributed by atoms with E-state index in [0.29, 0.717) is 6.04 Å². The van der Waals surface area contributed by atoms with E-state index in [4.69, 9.17) is 0 Å². The van der Waals surface area contributed by atoms with E-state index in [1.165, 1.54) is 19.0 Å². The number of likely N-dealkylation sites (tertiary alicyclic amines) is 1. The highest BCUT2D eigenvalue weighted by molar-refractivity contribution is 5.94. The molecular weight excluding hydrogens is 254 g/mol. The van der Waals surface area contributed by atoms with Crippen molar-refractivity contribution >= 4 is 11.7 Å². The van der Waals surface area contributed by atoms with Crippen LogP contribution in [0.5, 0.6) is 0 Å². The summed E-state index contributed by atoms with van der Waals surface area (Å²) in [5.41, 5.74) is 1.88. The summed E-state index contributed by atoms with van der Waals surface area (Å²) in [5.74, 6) is -0.918. The number of anilines is 1. The van der Waals surface area contributed by atoms with Gasteiger partial charge in [0, 0.05) is 31.5 Å². The molecule has 1 N–H and O–H groups in total. The molecule has 0 spiro atoms. The van der Waals surface area contributed by atoms with Crippen molar-refractivity contribution in [1.29, 1.82) is 0 Å². The minimum Gasteiger partial charge on any atom is -0.478 e. The first-order valence-corrected chi connectivity index (χ1v) is 7.18. The Kier molecular flexibility index (Phi) is 4.60. The van der Waals surface area contributed by atoms with Crippen LogP contribution in [0.25, 0.3) is 0 Å². The van der Waals surface area contributed by atoms with E-state index in [-0.39, 0.29) is 5.56 Å². The van der Waals surface area contributed by atoms with Crippen LogP contribution in [-0.4, -0.2) is 53.7 Å². The quantitative estimate of drug-likeness (QED) is 0.892. The Morgan fingerprint density at radius 3 is 3.00 bits per heavy atom. The van der Waals surface area contributed by atoms with E-state index in [9.17, 15) is 9.90 Å². The maximum absolute atomic E-state index is 11.3. The smallest absolute Gasteiger partial charge is 0.339 e. The molecule has 2 rings (SSSR count). The molecule has 0 aliphatic carbocycles. The van der Waals surface area contributed by atoms with Crippen LogP contribution in [0.2, 0.25) is 0 Å². The Labute approximate surface area is 120 Å². The van der Waals surface area contributed by atoms with Crippen molar-refractivity contribution in [2.45, 2.75) is 32.7 Å². The molecule has 1 aliphatic heterocycles. The number of carboxylic acid groups (broad SMARTS) is 1. The van der Waals surface area contributed by atoms with Crippen molar-refractivity contribution in [3.63, 3.8) is 0 Å². The van der Waals surface area contributed by atoms with E-state index in [2.05, 4.69) is 21.7 Å². The number of carbonyl (C=O) groups is 1. The zero-order valence-corrected chi connectivity index (χ0v) is 12.5. The lowest BCUT2D eigenvalue weighted by atomic mass is 10.1. The van der Waals surface area contributed by atoms with Gasteiger partial charge in [0.05, 0.1) is 5.69 Å². The second kappa shape index (κ2) is 6.22. The molecule has 0 amide bonds. The largest absolute Gasteiger partial charge is 0.478 e. The van der Waals surface area contributed by atoms with Gasteiger partial charge in [-0.05, 0) is 38.9 Å². The average molecular weight is 277 g/mol. The van der Waals surface area contributed by atoms with Crippen molar-refractivity contribution in [3.8, 4) is 0 Å². The Hall–Kier alpha value is -1.62. The first-order valence-electron chi connectivity index (χ1n) is 7.18. The van der Waals surface area contributed by atoms with Crippen LogP contribution < -0.4 is 4.90 Å². The summed E-state index contributed by atoms with van der Waals surface area (Å²) < 4.78 is 0. The summed E-state index contributed by atoms with van der Waals surface area (Å²) in [5, 5.41) is 9.29. The third-order valence-corrected chi connectivity index (χ3v) is 4.05. The summed E-state index contributed by atoms with van der Waals surface area (Å²) in [6, 6.07) is 2.37. The van der Waals surface area contributed by atoms with Gasteiger partial charge in [-0.2, -0.15) is 0 Å². The number of rotatable bonds is 5. The number of nitrogens with zero attached hydrogens (tertiary/aromatic N) is 3. The zero-order chi connectivity index (χ0) is 14.7. The van der Waals surface area contributed by atoms with Crippen LogP contribution in [-0.2, 0) is 0 Å². The van der Waals surface area contributed by atoms with Gasteiger partial charge in [-0.25, -0.2) is 4.79 Å². The van der Waals surface area contributed by atoms with E-state index in [1.807, 2.05) is 20.0 Å². The monoisotopic (exact) mass is 277 g/mol. The summed E-state index contributed by atoms with van der Waals surface area (Å²) in [6.07, 6.45) is 3.87. The predicted molar refractivity (Wildman–Crippen MR) is 79.5 cm³/mol. The van der Waals surface area contributed by atoms with Crippen molar-refractivity contribution in [2.75, 3.05) is 31.6 Å². The van der Waals surface area contributed by atoms with Crippen molar-refractivity contribution < 1.29 is 9.90 Å². The molecule has 5 nitrogen and oxygen atoms in total. The molecule has 1 aromatic rings. The highest BCUT2D eigenvalue weighted by atomic mass is 16.4. The number of aromatic carboxylic acids is 1. The summed E-state index contributed by atoms with van der Waals surface area (Å²) in [7, 11) is 1.97. The van der Waals surface area contributed by atoms with E-state index in [0.717, 1.165) is 31.0 Å². The summed E-state index contributed by atoms with van der Waals surface area (Å²) in [4.78, 5) is 19.9. The molecule has 1 aliphatic rings. The number of carboxylic acids is 1. The minimum atomic E-state index is -0.918. The first-order chi connectivity index (χ1) is 9.52. The molecule has 1 aromatic heterocycles. The molecule has 5 heteroatoms. The van der Waals surface area contributed by atoms with Gasteiger partial charge < -0.3 is 10.0 Å². The van der Waals surface area contributed by atoms with Gasteiger partial charge in [0.25, 0.3) is 0 Å². The first kappa shape index (κ1) is 14.8. The number of aromatic nitrogens is 1. The maximum atomic E-state index is 11.3. The van der Waals surface area contributed by atoms with Crippen LogP contribution in [0.15, 0.2) is 12.3 Å². The summed E-state index contributed by atoms with van der Waals surface area (Å²) >= 11 is 0. The zero-order valence-electron chi connectivity index (χ0n) is 12.5. The number of aryl methyl sites for hydroxylation is 1. The molecule has 1 atom stereocenters. The van der Waals surface area contributed by atoms with Crippen molar-refractivity contribution in [2.24, 2.45) is 0 Å². The molecule has 1 fully saturated rings. The Balaban J connectivity index is 2.18. The molecular formula is C15H23N3O2. The van der Waals surface area contributed by atoms with Crippen LogP contribution in [0.3, 0.4) is 0 Å². The lowest BCUT2D eigenvalue weighted by molar-refractivity contribution is 0.0697. The molecule has 0 bridgehead atoms. The van der Waals surface area contributed by atoms with Gasteiger partial charge >= 0.3 is 5.97 Å². The number of hydrogen-bond donors (Lipinski definition) is 1. The third-order valence-electron chi connectivity index (χ3n) is 4.05. The Bertz CT molecular complexity index is 490. The highest BCUT2D eigenvalue weighted by Gasteiger charge is 2.25. The molecule has 0 radical (unpaired) electrons. The minimum absolute atomic E-state index is 0.277. The molecule has 110 valence electrons. The third kappa shape index (κ3) is 3.10. The van der Waals surface area contributed by atoms with Gasteiger partial charge in [0.15, 0.2) is 0 Å². The topological polar surface area (TPSA) is 56.7 Å². The second-order valence-electron chi connectivity index (χ2n) is 5.45. The fourth-order valence-corrected chi connectivity index (χ4v) is 2.96. The number of hydrogen-bond acceptors (Lipinski definition) is 4. The molecule has 2 heterocycles. The molecule has 0 aromatic carbocycles. The lowest BCUT2D eigenvalue weighted by Crippen LogP contribution is -2.39. The fraction of sp³-hybridized carbons (Fsp3) is 0.600. The Morgan fingerprint density at radius 2 is 2.35 bits per heavy atom. The molecule has 1 unspecified atom stereocenters. The van der Waals surface area contributed by atoms with Crippen molar-refractivity contribution in [3.05, 3.63) is 23.5 Å². The predicted octanol–water partition coefficient (Wildman–Crippen LogP) is 2.01. The van der Waals surface area contributed by atoms with Gasteiger partial charge in [-0.3, -0.25) is 9.88 Å². The van der Waals surface area contributed by atoms with E-state index >= 15 is 0 Å². The summed E-state index contributed by atoms with van der Waals surface area (Å²) in [6.45, 7) is 7.13. The molecule has 1 saturated heterocycles. The van der Waals surface area contributed by atoms with Crippen molar-refractivity contribution in [1.82, 2.24) is 9.88 Å². The lowest BCUT2D eigenvalue weighted by Gasteiger charge is -2.29. The van der Waals surface area contributed by atoms with Crippen LogP contribution in [0.1, 0.15) is 35.8 Å². The number of likely N-dealkylation sites (N-methyl/N-ethyl adjacent to an activating group) is 2. The molecule has 0 saturated carbocycles. The van der Waals surface area contributed by atoms with Gasteiger partial charge in [-0.1, -0.05) is 6.92 Å². The second-order valence-corrected chi connectivity index (χ2v) is 5.45. The normalized spacial score (nSPS) is 19.2. The van der Waals surface area contributed by atoms with E-state index < -0.39 is 5.97 Å². The van der Waals surface area contributed by atoms with Crippen LogP contribution in [0, 0.1) is 6.92 Å². The highest BCUT2D eigenvalue weighted by Crippen LogP contribution is 2.23. The van der Waals surface area contributed by atoms with Gasteiger partial charge in [0.1, 0.15) is 5.56 Å². The standard InChI is InChI=1S/C15H23N3O2/c1-4-18-7-5-6-12(18)10-17(3)14-8-11(2)16-9-13(14)15(19)20/h8-9,12H,4-7,10H2,1-3H3,(H,19,20). The fourth-order valence-electron chi connectivity index (χ4n) is 2.96. The van der Waals surface area contributed by atoms with Gasteiger partial charge in [0.2, 0.25) is 0 Å². The van der Waals surface area contributed by atoms with Gasteiger partial charge in [-0.15, -0.1) is 0 Å². The molecule has 20 heavy (non-hydrogen) atoms. The number of pyridine rings is 1. The average Bonchev–Trinajstić information content (AvgIpc) is 2.85.